The molecule has 0 fully saturated rings. The van der Waals surface area contributed by atoms with Gasteiger partial charge in [-0.1, -0.05) is 43.1 Å². The maximum atomic E-state index is 13.7. The molecular weight excluding hydrogens is 463 g/mol. The minimum Gasteiger partial charge on any atom is -0.858 e. The molecular formula is C24H22Cl2N4O3. The molecule has 1 aliphatic rings. The number of nitrogens with zero attached hydrogens (tertiary/aromatic N) is 4. The highest BCUT2D eigenvalue weighted by Crippen LogP contribution is 2.40. The van der Waals surface area contributed by atoms with Crippen molar-refractivity contribution in [3.05, 3.63) is 70.1 Å². The van der Waals surface area contributed by atoms with E-state index in [9.17, 15) is 14.7 Å². The molecule has 33 heavy (non-hydrogen) atoms. The van der Waals surface area contributed by atoms with Crippen LogP contribution in [-0.2, 0) is 9.59 Å². The van der Waals surface area contributed by atoms with Crippen molar-refractivity contribution in [1.29, 1.82) is 0 Å². The summed E-state index contributed by atoms with van der Waals surface area (Å²) in [5.41, 5.74) is 1.12. The molecule has 0 bridgehead atoms. The number of hydrogen-bond donors (Lipinski definition) is 0. The van der Waals surface area contributed by atoms with E-state index in [4.69, 9.17) is 23.2 Å². The molecule has 0 radical (unpaired) electrons. The van der Waals surface area contributed by atoms with Gasteiger partial charge in [0.1, 0.15) is 5.57 Å². The van der Waals surface area contributed by atoms with Gasteiger partial charge < -0.3 is 5.11 Å². The van der Waals surface area contributed by atoms with Crippen LogP contribution in [0, 0.1) is 0 Å². The summed E-state index contributed by atoms with van der Waals surface area (Å²) in [6.07, 6.45) is 3.35. The summed E-state index contributed by atoms with van der Waals surface area (Å²) in [6, 6.07) is 9.66. The molecule has 4 rings (SSSR count). The normalized spacial score (nSPS) is 14.4. The number of pyridine rings is 1. The van der Waals surface area contributed by atoms with Crippen molar-refractivity contribution in [1.82, 2.24) is 14.7 Å². The molecule has 0 saturated heterocycles. The third kappa shape index (κ3) is 3.81. The number of aromatic nitrogens is 3. The molecule has 1 aromatic carbocycles. The molecule has 0 N–H and O–H groups in total. The highest BCUT2D eigenvalue weighted by molar-refractivity contribution is 6.45. The number of hydrogen-bond acceptors (Lipinski definition) is 4. The van der Waals surface area contributed by atoms with Gasteiger partial charge >= 0.3 is 5.91 Å². The standard InChI is InChI=1S/C24H22Cl2N4O3/c1-13(2)20-18(23(32)30(27-20)15-8-9-16(25)17(26)12-15)19-21(28-10-6-5-7-11-28)24(33)29(14(3)4)22(19)31/h5-14H,1-4H3. The lowest BCUT2D eigenvalue weighted by Crippen LogP contribution is -2.42. The SMILES string of the molecule is CC(C)c1nn(-c2ccc(Cl)c(Cl)c2)c([O-])c1C1=C([n+]2ccccc2)C(=O)N(C(C)C)C1=O. The van der Waals surface area contributed by atoms with Crippen LogP contribution < -0.4 is 9.67 Å². The minimum atomic E-state index is -0.519. The minimum absolute atomic E-state index is 0.0462. The van der Waals surface area contributed by atoms with Gasteiger partial charge in [0.05, 0.1) is 21.4 Å². The maximum absolute atomic E-state index is 13.7. The smallest absolute Gasteiger partial charge is 0.327 e. The van der Waals surface area contributed by atoms with Crippen LogP contribution in [0.3, 0.4) is 0 Å². The van der Waals surface area contributed by atoms with Gasteiger partial charge in [-0.25, -0.2) is 4.68 Å². The third-order valence-corrected chi connectivity index (χ3v) is 6.13. The first kappa shape index (κ1) is 23.0. The molecule has 2 amide bonds. The van der Waals surface area contributed by atoms with Crippen LogP contribution in [0.2, 0.25) is 10.0 Å². The van der Waals surface area contributed by atoms with Crippen LogP contribution in [0.25, 0.3) is 17.0 Å². The zero-order valence-corrected chi connectivity index (χ0v) is 20.1. The zero-order valence-electron chi connectivity index (χ0n) is 18.5. The van der Waals surface area contributed by atoms with E-state index in [1.54, 1.807) is 61.1 Å². The van der Waals surface area contributed by atoms with E-state index in [2.05, 4.69) is 5.10 Å². The molecule has 3 heterocycles. The number of amides is 2. The lowest BCUT2D eigenvalue weighted by Gasteiger charge is -2.19. The summed E-state index contributed by atoms with van der Waals surface area (Å²) in [7, 11) is 0. The van der Waals surface area contributed by atoms with Crippen LogP contribution in [0.1, 0.15) is 44.9 Å². The van der Waals surface area contributed by atoms with Crippen molar-refractivity contribution >= 4 is 46.3 Å². The van der Waals surface area contributed by atoms with Crippen molar-refractivity contribution in [3.63, 3.8) is 0 Å². The second kappa shape index (κ2) is 8.65. The Morgan fingerprint density at radius 3 is 2.21 bits per heavy atom. The van der Waals surface area contributed by atoms with E-state index in [1.165, 1.54) is 15.6 Å². The predicted molar refractivity (Wildman–Crippen MR) is 124 cm³/mol. The number of halogens is 2. The Morgan fingerprint density at radius 1 is 0.970 bits per heavy atom. The number of benzene rings is 1. The van der Waals surface area contributed by atoms with Crippen molar-refractivity contribution in [2.24, 2.45) is 0 Å². The Hall–Kier alpha value is -3.16. The van der Waals surface area contributed by atoms with E-state index >= 15 is 0 Å². The highest BCUT2D eigenvalue weighted by atomic mass is 35.5. The highest BCUT2D eigenvalue weighted by Gasteiger charge is 2.47. The Balaban J connectivity index is 2.03. The monoisotopic (exact) mass is 484 g/mol. The van der Waals surface area contributed by atoms with Crippen molar-refractivity contribution < 1.29 is 19.3 Å². The van der Waals surface area contributed by atoms with Crippen molar-refractivity contribution in [3.8, 4) is 11.6 Å². The van der Waals surface area contributed by atoms with E-state index in [1.807, 2.05) is 13.8 Å². The summed E-state index contributed by atoms with van der Waals surface area (Å²) in [5, 5.41) is 18.8. The second-order valence-electron chi connectivity index (χ2n) is 8.31. The number of imide groups is 1. The lowest BCUT2D eigenvalue weighted by atomic mass is 9.98. The van der Waals surface area contributed by atoms with Crippen LogP contribution >= 0.6 is 23.2 Å². The van der Waals surface area contributed by atoms with E-state index in [-0.39, 0.29) is 33.8 Å². The lowest BCUT2D eigenvalue weighted by molar-refractivity contribution is -0.576. The second-order valence-corrected chi connectivity index (χ2v) is 9.13. The summed E-state index contributed by atoms with van der Waals surface area (Å²) in [5.74, 6) is -1.68. The Labute approximate surface area is 201 Å². The molecule has 1 aliphatic heterocycles. The third-order valence-electron chi connectivity index (χ3n) is 5.40. The predicted octanol–water partition coefficient (Wildman–Crippen LogP) is 3.81. The number of carbonyl (C=O) groups excluding carboxylic acids is 2. The summed E-state index contributed by atoms with van der Waals surface area (Å²) in [4.78, 5) is 28.1. The van der Waals surface area contributed by atoms with Crippen molar-refractivity contribution in [2.75, 3.05) is 0 Å². The van der Waals surface area contributed by atoms with Crippen LogP contribution in [-0.4, -0.2) is 32.5 Å². The first-order chi connectivity index (χ1) is 15.6. The Kier molecular flexibility index (Phi) is 6.03. The van der Waals surface area contributed by atoms with Crippen LogP contribution in [0.5, 0.6) is 5.88 Å². The molecule has 0 aliphatic carbocycles. The van der Waals surface area contributed by atoms with Crippen molar-refractivity contribution in [2.45, 2.75) is 39.7 Å². The maximum Gasteiger partial charge on any atom is 0.327 e. The van der Waals surface area contributed by atoms with Crippen LogP contribution in [0.4, 0.5) is 0 Å². The molecule has 3 aromatic rings. The largest absolute Gasteiger partial charge is 0.858 e. The van der Waals surface area contributed by atoms with Gasteiger partial charge in [0.2, 0.25) is 0 Å². The number of carbonyl (C=O) groups is 2. The van der Waals surface area contributed by atoms with Gasteiger partial charge in [-0.2, -0.15) is 9.67 Å². The van der Waals surface area contributed by atoms with Gasteiger partial charge in [-0.3, -0.25) is 14.5 Å². The average Bonchev–Trinajstić information content (AvgIpc) is 3.23. The van der Waals surface area contributed by atoms with Crippen LogP contribution in [0.15, 0.2) is 48.8 Å². The fraction of sp³-hybridized carbons (Fsp3) is 0.250. The molecule has 0 unspecified atom stereocenters. The molecule has 9 heteroatoms. The quantitative estimate of drug-likeness (QED) is 0.407. The zero-order chi connectivity index (χ0) is 24.0. The van der Waals surface area contributed by atoms with E-state index in [0.717, 1.165) is 0 Å². The molecule has 0 spiro atoms. The Bertz CT molecular complexity index is 1300. The first-order valence-electron chi connectivity index (χ1n) is 10.5. The van der Waals surface area contributed by atoms with Gasteiger partial charge in [-0.15, -0.1) is 0 Å². The summed E-state index contributed by atoms with van der Waals surface area (Å²) in [6.45, 7) is 7.27. The Morgan fingerprint density at radius 2 is 1.64 bits per heavy atom. The van der Waals surface area contributed by atoms with Gasteiger partial charge in [0.25, 0.3) is 11.6 Å². The summed E-state index contributed by atoms with van der Waals surface area (Å²) >= 11 is 12.2. The van der Waals surface area contributed by atoms with E-state index in [0.29, 0.717) is 16.4 Å². The first-order valence-corrected chi connectivity index (χ1v) is 11.2. The number of rotatable bonds is 5. The summed E-state index contributed by atoms with van der Waals surface area (Å²) < 4.78 is 2.76. The van der Waals surface area contributed by atoms with E-state index < -0.39 is 17.7 Å². The molecule has 2 aromatic heterocycles. The fourth-order valence-corrected chi connectivity index (χ4v) is 4.16. The van der Waals surface area contributed by atoms with Gasteiger partial charge in [-0.05, 0) is 43.8 Å². The fourth-order valence-electron chi connectivity index (χ4n) is 3.87. The topological polar surface area (TPSA) is 82.1 Å². The van der Waals surface area contributed by atoms with Gasteiger partial charge in [0, 0.05) is 23.7 Å². The molecule has 7 nitrogen and oxygen atoms in total. The molecule has 170 valence electrons. The molecule has 0 atom stereocenters. The average molecular weight is 485 g/mol. The molecule has 0 saturated carbocycles. The van der Waals surface area contributed by atoms with Gasteiger partial charge in [0.15, 0.2) is 12.4 Å².